The first kappa shape index (κ1) is 25.3. The van der Waals surface area contributed by atoms with Gasteiger partial charge in [0.25, 0.3) is 5.56 Å². The molecule has 0 saturated carbocycles. The first-order chi connectivity index (χ1) is 17.1. The second kappa shape index (κ2) is 10.0. The second-order valence-electron chi connectivity index (χ2n) is 8.00. The van der Waals surface area contributed by atoms with Gasteiger partial charge in [-0.1, -0.05) is 11.6 Å². The Hall–Kier alpha value is -3.83. The topological polar surface area (TPSA) is 105 Å². The van der Waals surface area contributed by atoms with E-state index in [0.29, 0.717) is 23.1 Å². The Morgan fingerprint density at radius 1 is 1.14 bits per heavy atom. The van der Waals surface area contributed by atoms with Gasteiger partial charge in [0, 0.05) is 18.6 Å². The molecule has 1 N–H and O–H groups in total. The highest BCUT2D eigenvalue weighted by Gasteiger charge is 2.32. The molecule has 2 heterocycles. The van der Waals surface area contributed by atoms with Crippen LogP contribution in [0.25, 0.3) is 5.69 Å². The number of benzene rings is 2. The summed E-state index contributed by atoms with van der Waals surface area (Å²) in [7, 11) is 0. The standard InChI is InChI=1S/C24H21ClF2N4O5/c1-13-28-23(36-11-15-3-4-16(26)9-18(15)27)22(25)24(35)31(13)17-5-6-19-20(10-17)30(21(34)7-8-32)12-29(19)14(2)33/h3-6,9-10,32H,7-8,11-12H2,1-2H3. The van der Waals surface area contributed by atoms with Gasteiger partial charge in [-0.3, -0.25) is 28.8 Å². The van der Waals surface area contributed by atoms with Crippen LogP contribution in [0.2, 0.25) is 5.02 Å². The zero-order valence-corrected chi connectivity index (χ0v) is 20.1. The Kier molecular flexibility index (Phi) is 7.04. The average Bonchev–Trinajstić information content (AvgIpc) is 3.21. The fraction of sp³-hybridized carbons (Fsp3) is 0.250. The third-order valence-electron chi connectivity index (χ3n) is 5.63. The number of halogens is 3. The number of aliphatic hydroxyl groups excluding tert-OH is 1. The molecule has 2 amide bonds. The van der Waals surface area contributed by atoms with E-state index >= 15 is 0 Å². The molecule has 1 aromatic heterocycles. The van der Waals surface area contributed by atoms with Crippen molar-refractivity contribution in [1.82, 2.24) is 9.55 Å². The van der Waals surface area contributed by atoms with Gasteiger partial charge in [-0.05, 0) is 37.3 Å². The summed E-state index contributed by atoms with van der Waals surface area (Å²) in [5.74, 6) is -2.24. The van der Waals surface area contributed by atoms with Crippen LogP contribution in [-0.4, -0.2) is 39.7 Å². The summed E-state index contributed by atoms with van der Waals surface area (Å²) in [5, 5.41) is 8.82. The molecular formula is C24H21ClF2N4O5. The maximum atomic E-state index is 13.9. The van der Waals surface area contributed by atoms with Crippen LogP contribution in [0.15, 0.2) is 41.2 Å². The van der Waals surface area contributed by atoms with Crippen molar-refractivity contribution in [3.05, 3.63) is 74.8 Å². The molecule has 0 atom stereocenters. The largest absolute Gasteiger partial charge is 0.471 e. The number of rotatable bonds is 6. The van der Waals surface area contributed by atoms with Crippen LogP contribution in [0.1, 0.15) is 24.7 Å². The molecule has 12 heteroatoms. The predicted molar refractivity (Wildman–Crippen MR) is 127 cm³/mol. The van der Waals surface area contributed by atoms with E-state index in [-0.39, 0.29) is 54.5 Å². The fourth-order valence-corrected chi connectivity index (χ4v) is 4.05. The Labute approximate surface area is 209 Å². The molecule has 0 saturated heterocycles. The summed E-state index contributed by atoms with van der Waals surface area (Å²) >= 11 is 6.23. The first-order valence-corrected chi connectivity index (χ1v) is 11.2. The molecule has 0 fully saturated rings. The van der Waals surface area contributed by atoms with Crippen LogP contribution in [0.3, 0.4) is 0 Å². The van der Waals surface area contributed by atoms with Crippen LogP contribution in [0.4, 0.5) is 20.2 Å². The van der Waals surface area contributed by atoms with Gasteiger partial charge in [-0.2, -0.15) is 4.98 Å². The zero-order valence-electron chi connectivity index (χ0n) is 19.3. The van der Waals surface area contributed by atoms with Gasteiger partial charge in [0.15, 0.2) is 5.02 Å². The van der Waals surface area contributed by atoms with Gasteiger partial charge >= 0.3 is 0 Å². The fourth-order valence-electron chi connectivity index (χ4n) is 3.87. The third-order valence-corrected chi connectivity index (χ3v) is 5.96. The van der Waals surface area contributed by atoms with Crippen LogP contribution in [0.5, 0.6) is 5.88 Å². The van der Waals surface area contributed by atoms with E-state index < -0.39 is 23.1 Å². The Morgan fingerprint density at radius 2 is 1.89 bits per heavy atom. The van der Waals surface area contributed by atoms with Crippen molar-refractivity contribution < 1.29 is 28.2 Å². The number of aromatic nitrogens is 2. The van der Waals surface area contributed by atoms with Gasteiger partial charge in [0.2, 0.25) is 17.7 Å². The molecule has 3 aromatic rings. The van der Waals surface area contributed by atoms with Crippen molar-refractivity contribution in [2.75, 3.05) is 23.1 Å². The number of carbonyl (C=O) groups excluding carboxylic acids is 2. The first-order valence-electron chi connectivity index (χ1n) is 10.8. The molecule has 2 aromatic carbocycles. The number of hydrogen-bond donors (Lipinski definition) is 1. The Bertz CT molecular complexity index is 1430. The van der Waals surface area contributed by atoms with E-state index in [4.69, 9.17) is 16.3 Å². The van der Waals surface area contributed by atoms with E-state index in [0.717, 1.165) is 6.07 Å². The number of amides is 2. The molecule has 0 bridgehead atoms. The number of aryl methyl sites for hydroxylation is 1. The summed E-state index contributed by atoms with van der Waals surface area (Å²) in [6.45, 7) is 2.20. The predicted octanol–water partition coefficient (Wildman–Crippen LogP) is 3.09. The highest BCUT2D eigenvalue weighted by molar-refractivity contribution is 6.31. The summed E-state index contributed by atoms with van der Waals surface area (Å²) in [4.78, 5) is 44.7. The lowest BCUT2D eigenvalue weighted by molar-refractivity contribution is -0.119. The lowest BCUT2D eigenvalue weighted by Crippen LogP contribution is -2.37. The van der Waals surface area contributed by atoms with Crippen LogP contribution in [-0.2, 0) is 16.2 Å². The molecule has 1 aliphatic rings. The summed E-state index contributed by atoms with van der Waals surface area (Å²) < 4.78 is 33.7. The lowest BCUT2D eigenvalue weighted by Gasteiger charge is -2.18. The minimum Gasteiger partial charge on any atom is -0.471 e. The van der Waals surface area contributed by atoms with Crippen molar-refractivity contribution in [3.8, 4) is 11.6 Å². The van der Waals surface area contributed by atoms with Crippen molar-refractivity contribution in [3.63, 3.8) is 0 Å². The van der Waals surface area contributed by atoms with E-state index in [1.54, 1.807) is 18.2 Å². The summed E-state index contributed by atoms with van der Waals surface area (Å²) in [5.41, 5.74) is 0.568. The zero-order chi connectivity index (χ0) is 26.1. The lowest BCUT2D eigenvalue weighted by atomic mass is 10.2. The van der Waals surface area contributed by atoms with Crippen LogP contribution in [0, 0.1) is 18.6 Å². The van der Waals surface area contributed by atoms with Crippen LogP contribution < -0.4 is 20.1 Å². The number of carbonyl (C=O) groups is 2. The number of anilines is 2. The summed E-state index contributed by atoms with van der Waals surface area (Å²) in [6, 6.07) is 7.73. The van der Waals surface area contributed by atoms with Gasteiger partial charge in [-0.15, -0.1) is 0 Å². The van der Waals surface area contributed by atoms with E-state index in [2.05, 4.69) is 4.98 Å². The number of hydrogen-bond acceptors (Lipinski definition) is 6. The summed E-state index contributed by atoms with van der Waals surface area (Å²) in [6.07, 6.45) is -0.136. The molecule has 188 valence electrons. The minimum absolute atomic E-state index is 0.0213. The maximum absolute atomic E-state index is 13.9. The van der Waals surface area contributed by atoms with Gasteiger partial charge in [-0.25, -0.2) is 8.78 Å². The van der Waals surface area contributed by atoms with Crippen LogP contribution >= 0.6 is 11.6 Å². The molecule has 9 nitrogen and oxygen atoms in total. The Balaban J connectivity index is 1.70. The molecule has 1 aliphatic heterocycles. The van der Waals surface area contributed by atoms with Crippen molar-refractivity contribution >= 4 is 34.8 Å². The van der Waals surface area contributed by atoms with E-state index in [9.17, 15) is 28.3 Å². The highest BCUT2D eigenvalue weighted by Crippen LogP contribution is 2.38. The number of aliphatic hydroxyl groups is 1. The van der Waals surface area contributed by atoms with Gasteiger partial charge < -0.3 is 9.84 Å². The molecular weight excluding hydrogens is 498 g/mol. The minimum atomic E-state index is -0.811. The van der Waals surface area contributed by atoms with Gasteiger partial charge in [0.1, 0.15) is 30.7 Å². The molecule has 0 radical (unpaired) electrons. The smallest absolute Gasteiger partial charge is 0.280 e. The van der Waals surface area contributed by atoms with Crippen molar-refractivity contribution in [1.29, 1.82) is 0 Å². The quantitative estimate of drug-likeness (QED) is 0.538. The van der Waals surface area contributed by atoms with Crippen molar-refractivity contribution in [2.45, 2.75) is 26.9 Å². The van der Waals surface area contributed by atoms with E-state index in [1.165, 1.54) is 34.3 Å². The number of fused-ring (bicyclic) bond motifs is 1. The molecule has 4 rings (SSSR count). The number of ether oxygens (including phenoxy) is 1. The molecule has 36 heavy (non-hydrogen) atoms. The van der Waals surface area contributed by atoms with Gasteiger partial charge in [0.05, 0.1) is 30.1 Å². The Morgan fingerprint density at radius 3 is 2.56 bits per heavy atom. The monoisotopic (exact) mass is 518 g/mol. The maximum Gasteiger partial charge on any atom is 0.280 e. The molecule has 0 aliphatic carbocycles. The third kappa shape index (κ3) is 4.67. The SMILES string of the molecule is CC(=O)N1CN(C(=O)CCO)c2cc(-n3c(C)nc(OCc4ccc(F)cc4F)c(Cl)c3=O)ccc21. The second-order valence-corrected chi connectivity index (χ2v) is 8.38. The van der Waals surface area contributed by atoms with E-state index in [1.807, 2.05) is 0 Å². The number of nitrogens with zero attached hydrogens (tertiary/aromatic N) is 4. The average molecular weight is 519 g/mol. The molecule has 0 spiro atoms. The highest BCUT2D eigenvalue weighted by atomic mass is 35.5. The van der Waals surface area contributed by atoms with Crippen molar-refractivity contribution in [2.24, 2.45) is 0 Å². The molecule has 0 unspecified atom stereocenters. The normalized spacial score (nSPS) is 12.6.